The van der Waals surface area contributed by atoms with Crippen LogP contribution in [0.15, 0.2) is 54.6 Å². The van der Waals surface area contributed by atoms with E-state index in [4.69, 9.17) is 9.47 Å². The molecule has 4 rings (SSSR count). The van der Waals surface area contributed by atoms with E-state index in [1.807, 2.05) is 12.1 Å². The second-order valence-corrected chi connectivity index (χ2v) is 11.1. The predicted molar refractivity (Wildman–Crippen MR) is 157 cm³/mol. The van der Waals surface area contributed by atoms with Gasteiger partial charge < -0.3 is 9.47 Å². The van der Waals surface area contributed by atoms with Crippen molar-refractivity contribution in [2.24, 2.45) is 5.92 Å². The van der Waals surface area contributed by atoms with Crippen molar-refractivity contribution in [2.75, 3.05) is 13.2 Å². The van der Waals surface area contributed by atoms with Crippen LogP contribution in [0.1, 0.15) is 96.1 Å². The first-order valence-electron chi connectivity index (χ1n) is 15.1. The lowest BCUT2D eigenvalue weighted by Gasteiger charge is -2.29. The van der Waals surface area contributed by atoms with Gasteiger partial charge in [0.25, 0.3) is 0 Å². The lowest BCUT2D eigenvalue weighted by atomic mass is 9.90. The van der Waals surface area contributed by atoms with Crippen molar-refractivity contribution < 1.29 is 22.6 Å². The highest BCUT2D eigenvalue weighted by atomic mass is 19.2. The quantitative estimate of drug-likeness (QED) is 0.185. The molecule has 0 radical (unpaired) electrons. The van der Waals surface area contributed by atoms with Crippen molar-refractivity contribution >= 4 is 0 Å². The van der Waals surface area contributed by atoms with Gasteiger partial charge in [0.2, 0.25) is 5.82 Å². The lowest BCUT2D eigenvalue weighted by molar-refractivity contribution is -0.0215. The Balaban J connectivity index is 1.37. The molecule has 3 aromatic carbocycles. The van der Waals surface area contributed by atoms with Crippen molar-refractivity contribution in [1.82, 2.24) is 0 Å². The molecule has 1 aliphatic rings. The second kappa shape index (κ2) is 15.3. The van der Waals surface area contributed by atoms with Crippen LogP contribution < -0.4 is 4.74 Å². The molecule has 5 heteroatoms. The van der Waals surface area contributed by atoms with E-state index < -0.39 is 11.6 Å². The van der Waals surface area contributed by atoms with Crippen LogP contribution in [-0.4, -0.2) is 13.2 Å². The topological polar surface area (TPSA) is 18.5 Å². The third kappa shape index (κ3) is 7.90. The van der Waals surface area contributed by atoms with Crippen LogP contribution in [0.4, 0.5) is 13.2 Å². The summed E-state index contributed by atoms with van der Waals surface area (Å²) >= 11 is 0. The zero-order valence-corrected chi connectivity index (χ0v) is 24.0. The van der Waals surface area contributed by atoms with Crippen LogP contribution in [0, 0.1) is 23.4 Å². The normalized spacial score (nSPS) is 17.2. The lowest BCUT2D eigenvalue weighted by Crippen LogP contribution is -2.21. The molecule has 0 bridgehead atoms. The molecular weight excluding hydrogens is 509 g/mol. The second-order valence-electron chi connectivity index (χ2n) is 11.1. The molecule has 0 amide bonds. The molecule has 2 atom stereocenters. The van der Waals surface area contributed by atoms with Crippen LogP contribution in [0.2, 0.25) is 0 Å². The zero-order chi connectivity index (χ0) is 28.3. The van der Waals surface area contributed by atoms with Crippen LogP contribution >= 0.6 is 0 Å². The van der Waals surface area contributed by atoms with Crippen LogP contribution in [0.3, 0.4) is 0 Å². The summed E-state index contributed by atoms with van der Waals surface area (Å²) in [7, 11) is 0. The Hall–Kier alpha value is -2.79. The summed E-state index contributed by atoms with van der Waals surface area (Å²) < 4.78 is 56.3. The van der Waals surface area contributed by atoms with E-state index in [1.165, 1.54) is 44.2 Å². The van der Waals surface area contributed by atoms with Crippen molar-refractivity contribution in [2.45, 2.75) is 90.6 Å². The number of hydrogen-bond donors (Lipinski definition) is 0. The van der Waals surface area contributed by atoms with Gasteiger partial charge in [0.15, 0.2) is 11.6 Å². The largest absolute Gasteiger partial charge is 0.490 e. The summed E-state index contributed by atoms with van der Waals surface area (Å²) in [6, 6.07) is 15.4. The SMILES string of the molecule is CCCCCCCOc1ccc(-c2ccc(-c3ccc(C4CCC(CCCCC)CO4)c(F)c3)cc2)c(F)c1F. The highest BCUT2D eigenvalue weighted by molar-refractivity contribution is 5.71. The molecule has 3 aromatic rings. The fourth-order valence-corrected chi connectivity index (χ4v) is 5.53. The molecule has 0 saturated carbocycles. The van der Waals surface area contributed by atoms with Gasteiger partial charge in [-0.05, 0) is 66.5 Å². The summed E-state index contributed by atoms with van der Waals surface area (Å²) in [5, 5.41) is 0. The summed E-state index contributed by atoms with van der Waals surface area (Å²) in [5.74, 6) is -1.65. The van der Waals surface area contributed by atoms with Crippen LogP contribution in [0.25, 0.3) is 22.3 Å². The van der Waals surface area contributed by atoms with Gasteiger partial charge in [-0.25, -0.2) is 8.78 Å². The predicted octanol–water partition coefficient (Wildman–Crippen LogP) is 10.8. The van der Waals surface area contributed by atoms with E-state index in [9.17, 15) is 8.78 Å². The first-order chi connectivity index (χ1) is 19.5. The van der Waals surface area contributed by atoms with Crippen molar-refractivity contribution in [3.8, 4) is 28.0 Å². The molecule has 2 nitrogen and oxygen atoms in total. The van der Waals surface area contributed by atoms with E-state index in [2.05, 4.69) is 13.8 Å². The number of hydrogen-bond acceptors (Lipinski definition) is 2. The molecule has 0 N–H and O–H groups in total. The fourth-order valence-electron chi connectivity index (χ4n) is 5.53. The van der Waals surface area contributed by atoms with Gasteiger partial charge in [0.1, 0.15) is 5.82 Å². The Labute approximate surface area is 237 Å². The van der Waals surface area contributed by atoms with Gasteiger partial charge in [-0.1, -0.05) is 95.2 Å². The van der Waals surface area contributed by atoms with Crippen molar-refractivity contribution in [3.05, 3.63) is 77.6 Å². The van der Waals surface area contributed by atoms with Crippen molar-refractivity contribution in [3.63, 3.8) is 0 Å². The molecule has 0 spiro atoms. The standard InChI is InChI=1S/C35H43F3O2/c1-3-5-7-8-10-22-39-33-21-19-29(34(37)35(33)38)27-15-13-26(14-16-27)28-17-18-30(31(36)23-28)32-20-12-25(24-40-32)11-9-6-4-2/h13-19,21,23,25,32H,3-12,20,22,24H2,1-2H3. The van der Waals surface area contributed by atoms with Gasteiger partial charge >= 0.3 is 0 Å². The molecule has 40 heavy (non-hydrogen) atoms. The Bertz CT molecular complexity index is 1200. The molecule has 1 fully saturated rings. The van der Waals surface area contributed by atoms with E-state index in [1.54, 1.807) is 30.3 Å². The molecule has 2 unspecified atom stereocenters. The van der Waals surface area contributed by atoms with Gasteiger partial charge in [-0.15, -0.1) is 0 Å². The van der Waals surface area contributed by atoms with E-state index in [0.717, 1.165) is 49.7 Å². The minimum atomic E-state index is -0.968. The average molecular weight is 553 g/mol. The molecule has 0 aliphatic carbocycles. The first kappa shape index (κ1) is 30.2. The molecule has 216 valence electrons. The molecule has 1 saturated heterocycles. The molecular formula is C35H43F3O2. The number of ether oxygens (including phenoxy) is 2. The van der Waals surface area contributed by atoms with E-state index in [0.29, 0.717) is 30.3 Å². The molecule has 1 heterocycles. The van der Waals surface area contributed by atoms with Gasteiger partial charge in [0.05, 0.1) is 19.3 Å². The summed E-state index contributed by atoms with van der Waals surface area (Å²) in [6.07, 6.45) is 11.9. The molecule has 1 aliphatic heterocycles. The summed E-state index contributed by atoms with van der Waals surface area (Å²) in [5.41, 5.74) is 2.86. The highest BCUT2D eigenvalue weighted by Gasteiger charge is 2.25. The fraction of sp³-hybridized carbons (Fsp3) is 0.486. The smallest absolute Gasteiger partial charge is 0.201 e. The Morgan fingerprint density at radius 1 is 0.725 bits per heavy atom. The van der Waals surface area contributed by atoms with Crippen LogP contribution in [-0.2, 0) is 4.74 Å². The highest BCUT2D eigenvalue weighted by Crippen LogP contribution is 2.36. The van der Waals surface area contributed by atoms with E-state index in [-0.39, 0.29) is 23.2 Å². The van der Waals surface area contributed by atoms with Crippen LogP contribution in [0.5, 0.6) is 5.75 Å². The molecule has 0 aromatic heterocycles. The monoisotopic (exact) mass is 552 g/mol. The summed E-state index contributed by atoms with van der Waals surface area (Å²) in [4.78, 5) is 0. The number of benzene rings is 3. The third-order valence-electron chi connectivity index (χ3n) is 8.02. The third-order valence-corrected chi connectivity index (χ3v) is 8.02. The van der Waals surface area contributed by atoms with Gasteiger partial charge in [-0.2, -0.15) is 4.39 Å². The van der Waals surface area contributed by atoms with Crippen molar-refractivity contribution in [1.29, 1.82) is 0 Å². The Morgan fingerprint density at radius 2 is 1.43 bits per heavy atom. The average Bonchev–Trinajstić information content (AvgIpc) is 2.98. The van der Waals surface area contributed by atoms with E-state index >= 15 is 4.39 Å². The first-order valence-corrected chi connectivity index (χ1v) is 15.1. The maximum Gasteiger partial charge on any atom is 0.201 e. The summed E-state index contributed by atoms with van der Waals surface area (Å²) in [6.45, 7) is 5.43. The van der Waals surface area contributed by atoms with Gasteiger partial charge in [-0.3, -0.25) is 0 Å². The zero-order valence-electron chi connectivity index (χ0n) is 24.0. The van der Waals surface area contributed by atoms with Gasteiger partial charge in [0, 0.05) is 11.1 Å². The number of halogens is 3. The number of unbranched alkanes of at least 4 members (excludes halogenated alkanes) is 6. The Kier molecular flexibility index (Phi) is 11.5. The minimum absolute atomic E-state index is 0.0575. The Morgan fingerprint density at radius 3 is 2.12 bits per heavy atom. The maximum atomic E-state index is 15.1. The number of rotatable bonds is 14. The maximum absolute atomic E-state index is 15.1. The minimum Gasteiger partial charge on any atom is -0.490 e.